The van der Waals surface area contributed by atoms with Crippen LogP contribution in [0.2, 0.25) is 0 Å². The normalized spacial score (nSPS) is 19.6. The van der Waals surface area contributed by atoms with Crippen LogP contribution in [0.15, 0.2) is 67.0 Å². The molecule has 2 atom stereocenters. The van der Waals surface area contributed by atoms with E-state index in [0.29, 0.717) is 0 Å². The Balaban J connectivity index is 1.86. The number of nitrogens with zero attached hydrogens (tertiary/aromatic N) is 3. The Morgan fingerprint density at radius 2 is 1.81 bits per heavy atom. The van der Waals surface area contributed by atoms with Crippen molar-refractivity contribution in [3.8, 4) is 5.69 Å². The zero-order valence-electron chi connectivity index (χ0n) is 15.8. The summed E-state index contributed by atoms with van der Waals surface area (Å²) in [4.78, 5) is 6.90. The maximum Gasteiger partial charge on any atom is 0.170 e. The predicted molar refractivity (Wildman–Crippen MR) is 113 cm³/mol. The minimum absolute atomic E-state index is 0.0127. The second kappa shape index (κ2) is 7.16. The lowest BCUT2D eigenvalue weighted by Crippen LogP contribution is -2.36. The maximum atomic E-state index is 5.71. The number of aromatic nitrogens is 2. The van der Waals surface area contributed by atoms with Gasteiger partial charge in [-0.25, -0.2) is 0 Å². The van der Waals surface area contributed by atoms with Gasteiger partial charge >= 0.3 is 0 Å². The summed E-state index contributed by atoms with van der Waals surface area (Å²) in [5, 5.41) is 4.30. The fraction of sp³-hybridized carbons (Fsp3) is 0.273. The van der Waals surface area contributed by atoms with Crippen LogP contribution in [-0.4, -0.2) is 25.6 Å². The SMILES string of the molecule is Cc1ccccc1-n1cccc1[C@@H]1[C@@H](c2ccccn2)NC(=S)N1C(C)C. The summed E-state index contributed by atoms with van der Waals surface area (Å²) >= 11 is 5.71. The first-order valence-electron chi connectivity index (χ1n) is 9.31. The third kappa shape index (κ3) is 3.12. The Kier molecular flexibility index (Phi) is 4.70. The van der Waals surface area contributed by atoms with Gasteiger partial charge in [0.1, 0.15) is 0 Å². The summed E-state index contributed by atoms with van der Waals surface area (Å²) in [6.45, 7) is 6.51. The van der Waals surface area contributed by atoms with Crippen LogP contribution in [-0.2, 0) is 0 Å². The van der Waals surface area contributed by atoms with Crippen molar-refractivity contribution in [3.63, 3.8) is 0 Å². The third-order valence-corrected chi connectivity index (χ3v) is 5.48. The summed E-state index contributed by atoms with van der Waals surface area (Å²) in [6, 6.07) is 19.2. The zero-order valence-corrected chi connectivity index (χ0v) is 16.6. The molecule has 3 heterocycles. The van der Waals surface area contributed by atoms with E-state index in [1.807, 2.05) is 18.3 Å². The molecule has 0 unspecified atom stereocenters. The molecule has 0 saturated carbocycles. The molecule has 1 aliphatic heterocycles. The monoisotopic (exact) mass is 376 g/mol. The molecule has 1 aromatic carbocycles. The van der Waals surface area contributed by atoms with Crippen molar-refractivity contribution in [1.29, 1.82) is 0 Å². The number of hydrogen-bond donors (Lipinski definition) is 1. The molecule has 5 heteroatoms. The average molecular weight is 377 g/mol. The Labute approximate surface area is 165 Å². The Hall–Kier alpha value is -2.66. The number of benzene rings is 1. The molecule has 0 bridgehead atoms. The van der Waals surface area contributed by atoms with Gasteiger partial charge in [0.05, 0.1) is 17.8 Å². The zero-order chi connectivity index (χ0) is 19.0. The van der Waals surface area contributed by atoms with Crippen molar-refractivity contribution in [2.75, 3.05) is 0 Å². The van der Waals surface area contributed by atoms with E-state index in [9.17, 15) is 0 Å². The lowest BCUT2D eigenvalue weighted by atomic mass is 10.00. The molecule has 0 spiro atoms. The molecule has 138 valence electrons. The summed E-state index contributed by atoms with van der Waals surface area (Å²) in [6.07, 6.45) is 3.97. The molecule has 4 nitrogen and oxygen atoms in total. The first kappa shape index (κ1) is 17.7. The molecular weight excluding hydrogens is 352 g/mol. The molecule has 27 heavy (non-hydrogen) atoms. The van der Waals surface area contributed by atoms with Crippen molar-refractivity contribution in [3.05, 3.63) is 83.9 Å². The van der Waals surface area contributed by atoms with Crippen molar-refractivity contribution in [2.45, 2.75) is 38.9 Å². The van der Waals surface area contributed by atoms with Crippen molar-refractivity contribution >= 4 is 17.3 Å². The van der Waals surface area contributed by atoms with E-state index < -0.39 is 0 Å². The quantitative estimate of drug-likeness (QED) is 0.677. The maximum absolute atomic E-state index is 5.71. The number of nitrogens with one attached hydrogen (secondary N) is 1. The fourth-order valence-electron chi connectivity index (χ4n) is 3.93. The molecular formula is C22H24N4S. The van der Waals surface area contributed by atoms with Gasteiger partial charge in [0, 0.05) is 29.8 Å². The third-order valence-electron chi connectivity index (χ3n) is 5.15. The molecule has 0 amide bonds. The highest BCUT2D eigenvalue weighted by Gasteiger charge is 2.42. The smallest absolute Gasteiger partial charge is 0.170 e. The van der Waals surface area contributed by atoms with Gasteiger partial charge in [0.2, 0.25) is 0 Å². The Morgan fingerprint density at radius 3 is 2.52 bits per heavy atom. The van der Waals surface area contributed by atoms with Gasteiger partial charge < -0.3 is 14.8 Å². The lowest BCUT2D eigenvalue weighted by Gasteiger charge is -2.32. The second-order valence-electron chi connectivity index (χ2n) is 7.22. The number of aryl methyl sites for hydroxylation is 1. The summed E-state index contributed by atoms with van der Waals surface area (Å²) < 4.78 is 2.28. The number of hydrogen-bond acceptors (Lipinski definition) is 2. The highest BCUT2D eigenvalue weighted by molar-refractivity contribution is 7.80. The molecule has 0 radical (unpaired) electrons. The summed E-state index contributed by atoms with van der Waals surface area (Å²) in [5.74, 6) is 0. The molecule has 1 fully saturated rings. The second-order valence-corrected chi connectivity index (χ2v) is 7.60. The van der Waals surface area contributed by atoms with Crippen molar-refractivity contribution in [2.24, 2.45) is 0 Å². The molecule has 3 aromatic rings. The van der Waals surface area contributed by atoms with E-state index in [1.54, 1.807) is 0 Å². The topological polar surface area (TPSA) is 33.1 Å². The fourth-order valence-corrected chi connectivity index (χ4v) is 4.38. The van der Waals surface area contributed by atoms with Gasteiger partial charge in [-0.05, 0) is 68.9 Å². The van der Waals surface area contributed by atoms with Crippen molar-refractivity contribution < 1.29 is 0 Å². The van der Waals surface area contributed by atoms with Crippen LogP contribution in [0.1, 0.15) is 42.9 Å². The van der Waals surface area contributed by atoms with Crippen LogP contribution in [0.25, 0.3) is 5.69 Å². The van der Waals surface area contributed by atoms with Gasteiger partial charge in [0.15, 0.2) is 5.11 Å². The van der Waals surface area contributed by atoms with Gasteiger partial charge in [-0.2, -0.15) is 0 Å². The van der Waals surface area contributed by atoms with Crippen LogP contribution in [0.3, 0.4) is 0 Å². The predicted octanol–water partition coefficient (Wildman–Crippen LogP) is 4.56. The first-order valence-corrected chi connectivity index (χ1v) is 9.72. The van der Waals surface area contributed by atoms with Crippen LogP contribution in [0.5, 0.6) is 0 Å². The van der Waals surface area contributed by atoms with Crippen LogP contribution in [0.4, 0.5) is 0 Å². The minimum Gasteiger partial charge on any atom is -0.352 e. The summed E-state index contributed by atoms with van der Waals surface area (Å²) in [5.41, 5.74) is 4.65. The summed E-state index contributed by atoms with van der Waals surface area (Å²) in [7, 11) is 0. The number of para-hydroxylation sites is 1. The minimum atomic E-state index is 0.0127. The van der Waals surface area contributed by atoms with Gasteiger partial charge in [-0.3, -0.25) is 4.98 Å². The van der Waals surface area contributed by atoms with E-state index in [2.05, 4.69) is 89.2 Å². The van der Waals surface area contributed by atoms with E-state index >= 15 is 0 Å². The standard InChI is InChI=1S/C22H24N4S/c1-15(2)26-21(20(24-22(26)27)17-10-6-7-13-23-17)19-12-8-14-25(19)18-11-5-4-9-16(18)3/h4-15,20-21H,1-3H3,(H,24,27)/t20-,21-/m1/s1. The van der Waals surface area contributed by atoms with Gasteiger partial charge in [0.25, 0.3) is 0 Å². The lowest BCUT2D eigenvalue weighted by molar-refractivity contribution is 0.262. The molecule has 4 rings (SSSR count). The van der Waals surface area contributed by atoms with E-state index in [1.165, 1.54) is 16.9 Å². The highest BCUT2D eigenvalue weighted by Crippen LogP contribution is 2.40. The molecule has 0 aliphatic carbocycles. The Bertz CT molecular complexity index is 948. The first-order chi connectivity index (χ1) is 13.1. The van der Waals surface area contributed by atoms with Crippen LogP contribution >= 0.6 is 12.2 Å². The van der Waals surface area contributed by atoms with E-state index in [0.717, 1.165) is 10.8 Å². The number of rotatable bonds is 4. The van der Waals surface area contributed by atoms with E-state index in [4.69, 9.17) is 12.2 Å². The van der Waals surface area contributed by atoms with Crippen LogP contribution < -0.4 is 5.32 Å². The highest BCUT2D eigenvalue weighted by atomic mass is 32.1. The largest absolute Gasteiger partial charge is 0.352 e. The Morgan fingerprint density at radius 1 is 1.04 bits per heavy atom. The molecule has 1 N–H and O–H groups in total. The van der Waals surface area contributed by atoms with Crippen molar-refractivity contribution in [1.82, 2.24) is 19.8 Å². The number of pyridine rings is 1. The average Bonchev–Trinajstić information content (AvgIpc) is 3.26. The van der Waals surface area contributed by atoms with Crippen LogP contribution in [0, 0.1) is 6.92 Å². The molecule has 1 saturated heterocycles. The van der Waals surface area contributed by atoms with Gasteiger partial charge in [-0.1, -0.05) is 24.3 Å². The van der Waals surface area contributed by atoms with E-state index in [-0.39, 0.29) is 18.1 Å². The number of thiocarbonyl (C=S) groups is 1. The molecule has 2 aromatic heterocycles. The molecule has 1 aliphatic rings. The van der Waals surface area contributed by atoms with Gasteiger partial charge in [-0.15, -0.1) is 0 Å².